The summed E-state index contributed by atoms with van der Waals surface area (Å²) in [7, 11) is 1.49. The number of aromatic amines is 1. The van der Waals surface area contributed by atoms with Gasteiger partial charge in [0, 0.05) is 93.2 Å². The SMILES string of the molecule is C[C@@H]1/C=C/[C@@H](CCCCN)NC(=O)[C@H](CCCCN)NC(=O)[C@H](CCCNC(=N)N)NC(=O)[C@H](Cc2ccc(O)cc2)NC(=O)[C@@H](NC(=O)[C@H](Cc2c[nH]c3ccccc23)NC(=O)[C@H](CCCNC(=N)N)NC(=O)[C@@H](N)CCCNC(=N)N)CSSC[C@@H](C(=O)N[C@@H](CCCNC(=N)N)C(=O)O)NC(=O)[C@H](CCCNC(N)=O)NC(=O)[C@H](CCCNC(=N)N)NC(=O)[C@H](Cc2ccc(O)cc2)NC1=O. The molecule has 0 saturated heterocycles. The highest BCUT2D eigenvalue weighted by Gasteiger charge is 2.39. The third kappa shape index (κ3) is 45.1. The number of carboxylic acid groups (broad SMARTS) is 1. The van der Waals surface area contributed by atoms with Gasteiger partial charge in [-0.1, -0.05) is 83.1 Å². The summed E-state index contributed by atoms with van der Waals surface area (Å²) >= 11 is 0. The van der Waals surface area contributed by atoms with Crippen molar-refractivity contribution in [2.45, 2.75) is 220 Å². The number of fused-ring (bicyclic) bond motifs is 1. The first-order valence-corrected chi connectivity index (χ1v) is 48.2. The molecule has 1 aliphatic rings. The van der Waals surface area contributed by atoms with Crippen LogP contribution in [0.2, 0.25) is 0 Å². The van der Waals surface area contributed by atoms with Gasteiger partial charge < -0.3 is 168 Å². The Balaban J connectivity index is 1.83. The molecule has 0 fully saturated rings. The van der Waals surface area contributed by atoms with Crippen molar-refractivity contribution in [2.75, 3.05) is 63.9 Å². The van der Waals surface area contributed by atoms with Crippen LogP contribution in [0.25, 0.3) is 10.9 Å². The fraction of sp³-hybridized carbons (Fsp3) is 0.529. The third-order valence-corrected chi connectivity index (χ3v) is 24.3. The normalized spacial score (nSPS) is 20.2. The predicted octanol–water partition coefficient (Wildman–Crippen LogP) is -5.55. The number of unbranched alkanes of at least 4 members (excludes halogenated alkanes) is 2. The van der Waals surface area contributed by atoms with Crippen LogP contribution in [0.5, 0.6) is 11.5 Å². The number of aromatic hydroxyl groups is 2. The lowest BCUT2D eigenvalue weighted by molar-refractivity contribution is -0.142. The van der Waals surface area contributed by atoms with Crippen molar-refractivity contribution in [1.29, 1.82) is 27.0 Å². The zero-order chi connectivity index (χ0) is 102. The Morgan fingerprint density at radius 1 is 0.432 bits per heavy atom. The Bertz CT molecular complexity index is 4790. The molecule has 0 radical (unpaired) electrons. The van der Waals surface area contributed by atoms with Crippen LogP contribution in [-0.2, 0) is 81.6 Å². The number of nitrogens with one attached hydrogen (secondary N) is 24. The van der Waals surface area contributed by atoms with Crippen LogP contribution < -0.4 is 147 Å². The summed E-state index contributed by atoms with van der Waals surface area (Å²) in [5.74, 6) is -18.1. The Hall–Kier alpha value is -14.1. The average molecular weight is 1980 g/mol. The lowest BCUT2D eigenvalue weighted by Crippen LogP contribution is -2.61. The first-order chi connectivity index (χ1) is 66.2. The number of urea groups is 1. The number of carbonyl (C=O) groups is 14. The first-order valence-electron chi connectivity index (χ1n) is 45.7. The van der Waals surface area contributed by atoms with E-state index in [1.165, 1.54) is 61.5 Å². The molecule has 0 unspecified atom stereocenters. The number of phenolic OH excluding ortho intramolecular Hbond substituents is 2. The van der Waals surface area contributed by atoms with Gasteiger partial charge in [-0.25, -0.2) is 9.59 Å². The molecule has 139 heavy (non-hydrogen) atoms. The molecule has 1 aromatic heterocycles. The van der Waals surface area contributed by atoms with E-state index in [1.807, 2.05) is 0 Å². The van der Waals surface area contributed by atoms with Crippen molar-refractivity contribution in [3.8, 4) is 11.5 Å². The molecule has 45 N–H and O–H groups in total. The second kappa shape index (κ2) is 62.6. The highest BCUT2D eigenvalue weighted by atomic mass is 33.1. The molecule has 14 amide bonds. The molecule has 4 aromatic rings. The van der Waals surface area contributed by atoms with Crippen molar-refractivity contribution < 1.29 is 82.4 Å². The van der Waals surface area contributed by atoms with Crippen molar-refractivity contribution in [3.63, 3.8) is 0 Å². The number of carbonyl (C=O) groups excluding carboxylic acids is 13. The lowest BCUT2D eigenvalue weighted by atomic mass is 10.0. The Labute approximate surface area is 812 Å². The minimum absolute atomic E-state index is 0.00839. The van der Waals surface area contributed by atoms with E-state index in [1.54, 1.807) is 36.5 Å². The lowest BCUT2D eigenvalue weighted by Gasteiger charge is -2.28. The van der Waals surface area contributed by atoms with Gasteiger partial charge in [0.1, 0.15) is 78.0 Å². The molecule has 0 spiro atoms. The highest BCUT2D eigenvalue weighted by molar-refractivity contribution is 8.76. The van der Waals surface area contributed by atoms with Crippen LogP contribution in [0.1, 0.15) is 139 Å². The van der Waals surface area contributed by atoms with E-state index in [0.29, 0.717) is 46.9 Å². The molecule has 5 rings (SSSR count). The van der Waals surface area contributed by atoms with Crippen LogP contribution in [0.4, 0.5) is 4.79 Å². The van der Waals surface area contributed by atoms with Crippen LogP contribution in [0.15, 0.2) is 91.1 Å². The van der Waals surface area contributed by atoms with E-state index in [-0.39, 0.29) is 179 Å². The second-order valence-corrected chi connectivity index (χ2v) is 35.7. The van der Waals surface area contributed by atoms with E-state index < -0.39 is 209 Å². The zero-order valence-corrected chi connectivity index (χ0v) is 79.4. The fourth-order valence-electron chi connectivity index (χ4n) is 14.3. The Morgan fingerprint density at radius 3 is 1.32 bits per heavy atom. The van der Waals surface area contributed by atoms with Crippen LogP contribution in [0, 0.1) is 33.0 Å². The number of aliphatic carboxylic acids is 1. The Morgan fingerprint density at radius 2 is 0.842 bits per heavy atom. The summed E-state index contributed by atoms with van der Waals surface area (Å²) < 4.78 is 0. The van der Waals surface area contributed by atoms with Gasteiger partial charge in [-0.15, -0.1) is 0 Å². The van der Waals surface area contributed by atoms with Gasteiger partial charge in [0.05, 0.1) is 12.0 Å². The van der Waals surface area contributed by atoms with Crippen molar-refractivity contribution in [3.05, 3.63) is 108 Å². The Kier molecular flexibility index (Phi) is 51.9. The summed E-state index contributed by atoms with van der Waals surface area (Å²) in [6.07, 6.45) is 4.13. The molecule has 766 valence electrons. The topological polar surface area (TPSA) is 885 Å². The van der Waals surface area contributed by atoms with Gasteiger partial charge in [0.25, 0.3) is 0 Å². The third-order valence-electron chi connectivity index (χ3n) is 21.9. The quantitative estimate of drug-likeness (QED) is 0.00645. The molecule has 0 aliphatic carbocycles. The molecule has 0 bridgehead atoms. The van der Waals surface area contributed by atoms with E-state index in [0.717, 1.165) is 21.6 Å². The number of carboxylic acids is 1. The molecule has 14 atom stereocenters. The highest BCUT2D eigenvalue weighted by Crippen LogP contribution is 2.26. The van der Waals surface area contributed by atoms with Crippen molar-refractivity contribution in [2.24, 2.45) is 57.5 Å². The van der Waals surface area contributed by atoms with Gasteiger partial charge in [-0.3, -0.25) is 84.6 Å². The number of amides is 14. The van der Waals surface area contributed by atoms with Crippen molar-refractivity contribution >= 4 is 145 Å². The van der Waals surface area contributed by atoms with Crippen LogP contribution in [0.3, 0.4) is 0 Å². The van der Waals surface area contributed by atoms with Crippen LogP contribution in [-0.4, -0.2) is 275 Å². The standard InChI is InChI=1S/C87H139N33O17S2/c1-48-24-29-52(14-4-6-34-88)109-71(125)58(18-5-7-35-89)111-72(126)60(20-10-38-104-84(95)96)114-77(131)65(43-50-27-32-54(122)33-28-50)117-80(134)68(120-78(132)66(44-51-45-108-57-17-3-2-15-55(51)57)118-74(128)59(19-9-37-103-83(93)94)110-70(124)56(90)16-8-36-102-82(91)92)47-139-138-46-67(79(133)115-63(81(135)136)23-13-40-106-86(99)100)119-75(129)62(22-12-41-107-87(101)137)112-73(127)61(21-11-39-105-85(97)98)113-76(130)64(116-69(48)123)42-49-25-30-53(121)31-26-49/h2-3,15,17,24-33,45,48,52,56,58-68,108,121-122H,4-14,16,18-23,34-44,46-47,88-90H2,1H3,(H,109,125)(H,110,124)(H,111,126)(H,112,127)(H,113,130)(H,114,131)(H,115,133)(H,116,123)(H,117,134)(H,118,128)(H,119,129)(H,120,132)(H,135,136)(H4,91,92,102)(H4,93,94,103)(H4,95,96,104)(H4,97,98,105)(H4,99,100,106)(H3,101,107,137)/b29-24+/t48-,52-,56+,58+,59+,60+,61+,62+,63+,64+,65+,66+,67+,68+/m1/s1. The molecule has 0 saturated carbocycles. The fourth-order valence-corrected chi connectivity index (χ4v) is 16.6. The zero-order valence-electron chi connectivity index (χ0n) is 77.7. The molecular formula is C87H139N33O17S2. The smallest absolute Gasteiger partial charge is 0.326 e. The summed E-state index contributed by atoms with van der Waals surface area (Å²) in [5.41, 5.74) is 53.4. The van der Waals surface area contributed by atoms with E-state index in [4.69, 9.17) is 78.6 Å². The molecular weight excluding hydrogens is 1840 g/mol. The van der Waals surface area contributed by atoms with Crippen LogP contribution >= 0.6 is 21.6 Å². The van der Waals surface area contributed by atoms with E-state index in [9.17, 15) is 34.5 Å². The number of phenols is 2. The molecule has 2 heterocycles. The molecule has 3 aromatic carbocycles. The number of nitrogens with two attached hydrogens (primary N) is 9. The number of hydrogen-bond acceptors (Lipinski definition) is 26. The van der Waals surface area contributed by atoms with Gasteiger partial charge in [0.2, 0.25) is 70.9 Å². The maximum atomic E-state index is 16.0. The number of H-pyrrole nitrogens is 1. The van der Waals surface area contributed by atoms with Gasteiger partial charge >= 0.3 is 12.0 Å². The predicted molar refractivity (Wildman–Crippen MR) is 526 cm³/mol. The maximum Gasteiger partial charge on any atom is 0.326 e. The van der Waals surface area contributed by atoms with Crippen molar-refractivity contribution in [1.82, 2.24) is 101 Å². The van der Waals surface area contributed by atoms with Gasteiger partial charge in [-0.05, 0) is 176 Å². The molecule has 52 heteroatoms. The number of aromatic nitrogens is 1. The molecule has 1 aliphatic heterocycles. The maximum absolute atomic E-state index is 16.0. The van der Waals surface area contributed by atoms with E-state index in [2.05, 4.69) is 101 Å². The summed E-state index contributed by atoms with van der Waals surface area (Å²) in [4.78, 5) is 211. The number of benzene rings is 3. The number of para-hydroxylation sites is 1. The largest absolute Gasteiger partial charge is 0.508 e. The van der Waals surface area contributed by atoms with Gasteiger partial charge in [-0.2, -0.15) is 0 Å². The minimum atomic E-state index is -1.89. The first kappa shape index (κ1) is 115. The minimum Gasteiger partial charge on any atom is -0.508 e. The average Bonchev–Trinajstić information content (AvgIpc) is 1.68. The summed E-state index contributed by atoms with van der Waals surface area (Å²) in [6, 6.07) is -3.38. The summed E-state index contributed by atoms with van der Waals surface area (Å²) in [5, 5.41) is 119. The van der Waals surface area contributed by atoms with E-state index >= 15 is 47.9 Å². The number of hydrogen-bond donors (Lipinski definition) is 36. The molecule has 50 nitrogen and oxygen atoms in total. The second-order valence-electron chi connectivity index (χ2n) is 33.2. The monoisotopic (exact) mass is 1980 g/mol. The van der Waals surface area contributed by atoms with Gasteiger partial charge in [0.15, 0.2) is 29.8 Å². The summed E-state index contributed by atoms with van der Waals surface area (Å²) in [6.45, 7) is 1.75. The number of primary amides is 1. The number of rotatable bonds is 47. The number of guanidine groups is 5.